The van der Waals surface area contributed by atoms with E-state index in [9.17, 15) is 9.90 Å². The topological polar surface area (TPSA) is 54.8 Å². The molecule has 1 heterocycles. The minimum absolute atomic E-state index is 0. The van der Waals surface area contributed by atoms with Gasteiger partial charge in [-0.1, -0.05) is 30.3 Å². The highest BCUT2D eigenvalue weighted by Gasteiger charge is 2.40. The van der Waals surface area contributed by atoms with Crippen LogP contribution < -0.4 is 20.1 Å². The van der Waals surface area contributed by atoms with Crippen molar-refractivity contribution in [1.29, 1.82) is 0 Å². The minimum Gasteiger partial charge on any atom is -1.00 e. The van der Waals surface area contributed by atoms with Crippen molar-refractivity contribution in [1.82, 2.24) is 9.36 Å². The summed E-state index contributed by atoms with van der Waals surface area (Å²) in [7, 11) is 1.87. The molecule has 39 heavy (non-hydrogen) atoms. The molecule has 7 heteroatoms. The number of aromatic nitrogens is 2. The Hall–Kier alpha value is -3.68. The third-order valence-electron chi connectivity index (χ3n) is 7.89. The van der Waals surface area contributed by atoms with E-state index in [0.717, 1.165) is 37.6 Å². The van der Waals surface area contributed by atoms with Crippen molar-refractivity contribution in [2.24, 2.45) is 7.05 Å². The van der Waals surface area contributed by atoms with E-state index in [0.29, 0.717) is 22.4 Å². The number of nitrogens with one attached hydrogen (secondary N) is 1. The van der Waals surface area contributed by atoms with Gasteiger partial charge in [-0.3, -0.25) is 9.48 Å². The van der Waals surface area contributed by atoms with Gasteiger partial charge in [0, 0.05) is 31.5 Å². The number of nitrogens with zero attached hydrogens (tertiary/aromatic N) is 3. The lowest BCUT2D eigenvalue weighted by molar-refractivity contribution is -0.828. The zero-order valence-electron chi connectivity index (χ0n) is 23.9. The Kier molecular flexibility index (Phi) is 9.54. The molecular formula is C32H41FN4O2. The second-order valence-corrected chi connectivity index (χ2v) is 9.75. The molecule has 208 valence electrons. The number of hydrogen-bond donors (Lipinski definition) is 2. The van der Waals surface area contributed by atoms with Gasteiger partial charge in [0.1, 0.15) is 11.3 Å². The molecule has 6 nitrogen and oxygen atoms in total. The fourth-order valence-corrected chi connectivity index (χ4v) is 5.55. The van der Waals surface area contributed by atoms with Crippen LogP contribution in [0.5, 0.6) is 0 Å². The Morgan fingerprint density at radius 2 is 1.33 bits per heavy atom. The quantitative estimate of drug-likeness (QED) is 0.323. The van der Waals surface area contributed by atoms with Crippen LogP contribution in [-0.4, -0.2) is 40.6 Å². The van der Waals surface area contributed by atoms with Gasteiger partial charge in [0.05, 0.1) is 24.3 Å². The molecule has 0 aliphatic heterocycles. The highest BCUT2D eigenvalue weighted by molar-refractivity contribution is 5.55. The lowest BCUT2D eigenvalue weighted by atomic mass is 9.80. The van der Waals surface area contributed by atoms with E-state index in [1.807, 2.05) is 85.4 Å². The number of benzene rings is 3. The molecule has 0 saturated carbocycles. The van der Waals surface area contributed by atoms with Crippen LogP contribution in [0, 0.1) is 6.92 Å². The normalized spacial score (nSPS) is 12.7. The number of quaternary nitrogens is 1. The van der Waals surface area contributed by atoms with Crippen molar-refractivity contribution in [3.8, 4) is 5.69 Å². The second kappa shape index (κ2) is 12.5. The summed E-state index contributed by atoms with van der Waals surface area (Å²) in [5.41, 5.74) is 3.58. The molecule has 0 spiro atoms. The lowest BCUT2D eigenvalue weighted by Gasteiger charge is -2.30. The van der Waals surface area contributed by atoms with Crippen LogP contribution in [-0.2, 0) is 12.6 Å². The van der Waals surface area contributed by atoms with Gasteiger partial charge in [-0.2, -0.15) is 0 Å². The van der Waals surface area contributed by atoms with Crippen LogP contribution in [0.2, 0.25) is 0 Å². The highest BCUT2D eigenvalue weighted by atomic mass is 19.0. The summed E-state index contributed by atoms with van der Waals surface area (Å²) in [5.74, 6) is 0. The van der Waals surface area contributed by atoms with Gasteiger partial charge < -0.3 is 19.6 Å². The summed E-state index contributed by atoms with van der Waals surface area (Å²) in [6, 6.07) is 25.6. The Balaban J connectivity index is 0.00000420. The van der Waals surface area contributed by atoms with Crippen molar-refractivity contribution >= 4 is 11.4 Å². The first-order valence-electron chi connectivity index (χ1n) is 13.7. The van der Waals surface area contributed by atoms with Crippen LogP contribution in [0.25, 0.3) is 5.69 Å². The summed E-state index contributed by atoms with van der Waals surface area (Å²) >= 11 is 0. The maximum absolute atomic E-state index is 14.1. The molecule has 0 aliphatic rings. The molecular weight excluding hydrogens is 491 g/mol. The van der Waals surface area contributed by atoms with Crippen LogP contribution in [0.3, 0.4) is 0 Å². The molecule has 3 aromatic carbocycles. The van der Waals surface area contributed by atoms with E-state index in [1.54, 1.807) is 4.68 Å². The number of hydrogen-bond acceptors (Lipinski definition) is 3. The zero-order valence-corrected chi connectivity index (χ0v) is 23.9. The van der Waals surface area contributed by atoms with Crippen LogP contribution in [0.1, 0.15) is 50.1 Å². The summed E-state index contributed by atoms with van der Waals surface area (Å²) in [6.45, 7) is 14.3. The first kappa shape index (κ1) is 29.9. The molecule has 0 amide bonds. The molecule has 4 aromatic rings. The van der Waals surface area contributed by atoms with E-state index >= 15 is 0 Å². The molecule has 0 bridgehead atoms. The monoisotopic (exact) mass is 532 g/mol. The Morgan fingerprint density at radius 1 is 0.821 bits per heavy atom. The Bertz CT molecular complexity index is 1350. The first-order chi connectivity index (χ1) is 18.3. The average Bonchev–Trinajstić information content (AvgIpc) is 3.18. The number of aliphatic hydroxyl groups is 1. The van der Waals surface area contributed by atoms with Gasteiger partial charge >= 0.3 is 0 Å². The van der Waals surface area contributed by atoms with Gasteiger partial charge in [0.2, 0.25) is 0 Å². The largest absolute Gasteiger partial charge is 1.00 e. The molecule has 0 aliphatic carbocycles. The molecule has 1 aromatic heterocycles. The first-order valence-corrected chi connectivity index (χ1v) is 13.7. The maximum atomic E-state index is 14.1. The summed E-state index contributed by atoms with van der Waals surface area (Å²) in [4.78, 5) is 17.7. The summed E-state index contributed by atoms with van der Waals surface area (Å²) in [5, 5.41) is 12.7. The second-order valence-electron chi connectivity index (χ2n) is 9.75. The fraction of sp³-hybridized carbons (Fsp3) is 0.344. The third-order valence-corrected chi connectivity index (χ3v) is 7.89. The van der Waals surface area contributed by atoms with E-state index in [-0.39, 0.29) is 10.3 Å². The standard InChI is InChI=1S/C32H40N4O2.FH/c1-7-34(8-2)27-20-16-25(17-21-27)32(38,26-18-22-28(23-19-26)35(9-3)10-4)30-24(5)33(6)36(31(30)37)29-14-12-11-13-15-29;/h11-23,38H,7-10H2,1-6H3;1H. The van der Waals surface area contributed by atoms with Gasteiger partial charge in [-0.25, -0.2) is 4.68 Å². The minimum atomic E-state index is -1.63. The molecule has 1 atom stereocenters. The summed E-state index contributed by atoms with van der Waals surface area (Å²) in [6.07, 6.45) is 0. The van der Waals surface area contributed by atoms with Crippen molar-refractivity contribution in [2.45, 2.75) is 40.2 Å². The van der Waals surface area contributed by atoms with Crippen molar-refractivity contribution in [3.05, 3.63) is 112 Å². The Labute approximate surface area is 231 Å². The molecule has 4 rings (SSSR count). The van der Waals surface area contributed by atoms with Crippen LogP contribution in [0.15, 0.2) is 83.7 Å². The SMILES string of the molecule is CCN(CC)c1ccc(C(O)(c2ccc([NH+](CC)CC)cc2)c2c(C)n(C)n(-c3ccccc3)c2=O)cc1.[F-]. The number of para-hydroxylation sites is 1. The molecule has 2 N–H and O–H groups in total. The summed E-state index contributed by atoms with van der Waals surface area (Å²) < 4.78 is 3.46. The van der Waals surface area contributed by atoms with E-state index in [4.69, 9.17) is 0 Å². The fourth-order valence-electron chi connectivity index (χ4n) is 5.55. The third kappa shape index (κ3) is 5.29. The average molecular weight is 533 g/mol. The van der Waals surface area contributed by atoms with E-state index in [1.165, 1.54) is 10.6 Å². The highest BCUT2D eigenvalue weighted by Crippen LogP contribution is 2.38. The smallest absolute Gasteiger partial charge is 0.278 e. The van der Waals surface area contributed by atoms with Crippen LogP contribution >= 0.6 is 0 Å². The lowest BCUT2D eigenvalue weighted by Crippen LogP contribution is -3.06. The van der Waals surface area contributed by atoms with Gasteiger partial charge in [-0.15, -0.1) is 0 Å². The van der Waals surface area contributed by atoms with Gasteiger partial charge in [0.25, 0.3) is 5.56 Å². The molecule has 1 unspecified atom stereocenters. The predicted octanol–water partition coefficient (Wildman–Crippen LogP) is 1.18. The Morgan fingerprint density at radius 3 is 1.82 bits per heavy atom. The molecule has 0 saturated heterocycles. The van der Waals surface area contributed by atoms with Crippen molar-refractivity contribution < 1.29 is 14.7 Å². The molecule has 0 fully saturated rings. The van der Waals surface area contributed by atoms with E-state index < -0.39 is 5.60 Å². The number of anilines is 1. The van der Waals surface area contributed by atoms with Crippen molar-refractivity contribution in [3.63, 3.8) is 0 Å². The number of halogens is 1. The van der Waals surface area contributed by atoms with E-state index in [2.05, 4.69) is 44.7 Å². The van der Waals surface area contributed by atoms with Crippen LogP contribution in [0.4, 0.5) is 11.4 Å². The van der Waals surface area contributed by atoms with Crippen molar-refractivity contribution in [2.75, 3.05) is 31.1 Å². The van der Waals surface area contributed by atoms with Gasteiger partial charge in [-0.05, 0) is 94.3 Å². The molecule has 0 radical (unpaired) electrons. The zero-order chi connectivity index (χ0) is 27.4. The van der Waals surface area contributed by atoms with Gasteiger partial charge in [0.15, 0.2) is 0 Å². The maximum Gasteiger partial charge on any atom is 0.278 e. The predicted molar refractivity (Wildman–Crippen MR) is 156 cm³/mol. The number of rotatable bonds is 10.